The number of carbonyl (C=O) groups is 1. The highest BCUT2D eigenvalue weighted by Crippen LogP contribution is 2.26. The molecule has 112 valence electrons. The standard InChI is InChI=1S/C12H14N4O3S2/c1-7(2)10(17)14-9-5-3-8(4-6-9)11-15-16-12(20-11)21(13,18)19/h3-7H,1-2H3,(H,14,17)(H2,13,18,19). The first-order valence-electron chi connectivity index (χ1n) is 6.05. The fraction of sp³-hybridized carbons (Fsp3) is 0.250. The number of nitrogens with zero attached hydrogens (tertiary/aromatic N) is 2. The van der Waals surface area contributed by atoms with E-state index in [0.717, 1.165) is 11.3 Å². The lowest BCUT2D eigenvalue weighted by atomic mass is 10.2. The van der Waals surface area contributed by atoms with E-state index in [2.05, 4.69) is 15.5 Å². The minimum absolute atomic E-state index is 0.0739. The van der Waals surface area contributed by atoms with Crippen molar-refractivity contribution in [3.05, 3.63) is 24.3 Å². The van der Waals surface area contributed by atoms with Crippen molar-refractivity contribution in [1.29, 1.82) is 0 Å². The fourth-order valence-corrected chi connectivity index (χ4v) is 2.86. The summed E-state index contributed by atoms with van der Waals surface area (Å²) in [6.45, 7) is 3.61. The summed E-state index contributed by atoms with van der Waals surface area (Å²) in [6, 6.07) is 6.88. The molecule has 2 rings (SSSR count). The second-order valence-electron chi connectivity index (χ2n) is 4.64. The zero-order chi connectivity index (χ0) is 15.6. The molecule has 1 amide bonds. The Hall–Kier alpha value is -1.84. The van der Waals surface area contributed by atoms with Gasteiger partial charge in [0.15, 0.2) is 0 Å². The van der Waals surface area contributed by atoms with Crippen LogP contribution < -0.4 is 10.5 Å². The van der Waals surface area contributed by atoms with Gasteiger partial charge in [0.2, 0.25) is 10.2 Å². The molecule has 0 aliphatic rings. The molecule has 21 heavy (non-hydrogen) atoms. The van der Waals surface area contributed by atoms with Crippen LogP contribution in [-0.2, 0) is 14.8 Å². The molecule has 9 heteroatoms. The van der Waals surface area contributed by atoms with Crippen LogP contribution in [0.25, 0.3) is 10.6 Å². The van der Waals surface area contributed by atoms with Crippen LogP contribution in [0.15, 0.2) is 28.6 Å². The number of nitrogens with one attached hydrogen (secondary N) is 1. The van der Waals surface area contributed by atoms with E-state index in [1.54, 1.807) is 38.1 Å². The summed E-state index contributed by atoms with van der Waals surface area (Å²) in [5, 5.41) is 15.5. The van der Waals surface area contributed by atoms with Crippen LogP contribution in [0.4, 0.5) is 5.69 Å². The third-order valence-electron chi connectivity index (χ3n) is 2.57. The number of carbonyl (C=O) groups excluding carboxylic acids is 1. The average molecular weight is 326 g/mol. The molecule has 0 aliphatic heterocycles. The highest BCUT2D eigenvalue weighted by atomic mass is 32.2. The molecule has 1 aromatic heterocycles. The molecule has 1 aromatic carbocycles. The van der Waals surface area contributed by atoms with Crippen LogP contribution in [0.2, 0.25) is 0 Å². The highest BCUT2D eigenvalue weighted by molar-refractivity contribution is 7.91. The monoisotopic (exact) mass is 326 g/mol. The first-order valence-corrected chi connectivity index (χ1v) is 8.41. The maximum absolute atomic E-state index is 11.6. The molecule has 0 radical (unpaired) electrons. The van der Waals surface area contributed by atoms with E-state index in [-0.39, 0.29) is 16.2 Å². The van der Waals surface area contributed by atoms with Gasteiger partial charge in [-0.3, -0.25) is 4.79 Å². The zero-order valence-corrected chi connectivity index (χ0v) is 13.0. The van der Waals surface area contributed by atoms with E-state index in [4.69, 9.17) is 5.14 Å². The Bertz CT molecular complexity index is 751. The number of hydrogen-bond donors (Lipinski definition) is 2. The topological polar surface area (TPSA) is 115 Å². The van der Waals surface area contributed by atoms with Crippen molar-refractivity contribution in [2.24, 2.45) is 11.1 Å². The van der Waals surface area contributed by atoms with E-state index in [9.17, 15) is 13.2 Å². The SMILES string of the molecule is CC(C)C(=O)Nc1ccc(-c2nnc(S(N)(=O)=O)s2)cc1. The highest BCUT2D eigenvalue weighted by Gasteiger charge is 2.16. The minimum Gasteiger partial charge on any atom is -0.326 e. The summed E-state index contributed by atoms with van der Waals surface area (Å²) in [7, 11) is -3.84. The Morgan fingerprint density at radius 2 is 1.86 bits per heavy atom. The molecular formula is C12H14N4O3S2. The Morgan fingerprint density at radius 1 is 1.24 bits per heavy atom. The number of rotatable bonds is 4. The fourth-order valence-electron chi connectivity index (χ4n) is 1.42. The molecule has 3 N–H and O–H groups in total. The first kappa shape index (κ1) is 15.5. The van der Waals surface area contributed by atoms with Crippen molar-refractivity contribution < 1.29 is 13.2 Å². The van der Waals surface area contributed by atoms with E-state index in [1.807, 2.05) is 0 Å². The predicted molar refractivity (Wildman–Crippen MR) is 80.2 cm³/mol. The summed E-state index contributed by atoms with van der Waals surface area (Å²) in [5.41, 5.74) is 1.36. The summed E-state index contributed by atoms with van der Waals surface area (Å²) >= 11 is 0.895. The van der Waals surface area contributed by atoms with Gasteiger partial charge in [0.1, 0.15) is 5.01 Å². The molecule has 0 spiro atoms. The van der Waals surface area contributed by atoms with Gasteiger partial charge in [-0.25, -0.2) is 13.6 Å². The van der Waals surface area contributed by atoms with Crippen molar-refractivity contribution >= 4 is 33.0 Å². The molecule has 0 saturated carbocycles. The number of primary sulfonamides is 1. The van der Waals surface area contributed by atoms with Gasteiger partial charge in [-0.15, -0.1) is 10.2 Å². The number of anilines is 1. The number of amides is 1. The van der Waals surface area contributed by atoms with Gasteiger partial charge in [-0.1, -0.05) is 25.2 Å². The number of nitrogens with two attached hydrogens (primary N) is 1. The van der Waals surface area contributed by atoms with Crippen LogP contribution in [0.5, 0.6) is 0 Å². The van der Waals surface area contributed by atoms with Crippen molar-refractivity contribution in [2.45, 2.75) is 18.2 Å². The lowest BCUT2D eigenvalue weighted by Gasteiger charge is -2.07. The normalized spacial score (nSPS) is 11.6. The van der Waals surface area contributed by atoms with Gasteiger partial charge in [0, 0.05) is 17.2 Å². The van der Waals surface area contributed by atoms with Gasteiger partial charge < -0.3 is 5.32 Å². The third kappa shape index (κ3) is 3.84. The molecule has 0 aliphatic carbocycles. The summed E-state index contributed by atoms with van der Waals surface area (Å²) in [5.74, 6) is -0.180. The third-order valence-corrected chi connectivity index (χ3v) is 4.86. The van der Waals surface area contributed by atoms with Crippen molar-refractivity contribution in [3.8, 4) is 10.6 Å². The van der Waals surface area contributed by atoms with Gasteiger partial charge in [0.05, 0.1) is 0 Å². The van der Waals surface area contributed by atoms with Crippen LogP contribution in [0.1, 0.15) is 13.8 Å². The lowest BCUT2D eigenvalue weighted by Crippen LogP contribution is -2.17. The largest absolute Gasteiger partial charge is 0.326 e. The van der Waals surface area contributed by atoms with Crippen LogP contribution in [0.3, 0.4) is 0 Å². The summed E-state index contributed by atoms with van der Waals surface area (Å²) < 4.78 is 22.1. The average Bonchev–Trinajstić information content (AvgIpc) is 2.89. The van der Waals surface area contributed by atoms with Gasteiger partial charge in [0.25, 0.3) is 10.0 Å². The molecule has 0 atom stereocenters. The van der Waals surface area contributed by atoms with Gasteiger partial charge in [-0.2, -0.15) is 0 Å². The number of aromatic nitrogens is 2. The molecule has 0 bridgehead atoms. The number of hydrogen-bond acceptors (Lipinski definition) is 6. The predicted octanol–water partition coefficient (Wildman–Crippen LogP) is 1.45. The Balaban J connectivity index is 2.19. The zero-order valence-electron chi connectivity index (χ0n) is 11.4. The smallest absolute Gasteiger partial charge is 0.267 e. The molecule has 1 heterocycles. The number of sulfonamides is 1. The van der Waals surface area contributed by atoms with Crippen LogP contribution in [-0.4, -0.2) is 24.5 Å². The van der Waals surface area contributed by atoms with Crippen LogP contribution >= 0.6 is 11.3 Å². The summed E-state index contributed by atoms with van der Waals surface area (Å²) in [4.78, 5) is 11.6. The first-order chi connectivity index (χ1) is 9.77. The van der Waals surface area contributed by atoms with Gasteiger partial charge in [-0.05, 0) is 24.3 Å². The lowest BCUT2D eigenvalue weighted by molar-refractivity contribution is -0.118. The maximum Gasteiger partial charge on any atom is 0.267 e. The Morgan fingerprint density at radius 3 is 2.33 bits per heavy atom. The molecule has 2 aromatic rings. The van der Waals surface area contributed by atoms with Crippen LogP contribution in [0, 0.1) is 5.92 Å². The Labute approximate surface area is 126 Å². The van der Waals surface area contributed by atoms with Crippen molar-refractivity contribution in [2.75, 3.05) is 5.32 Å². The molecule has 0 saturated heterocycles. The van der Waals surface area contributed by atoms with E-state index in [1.165, 1.54) is 0 Å². The van der Waals surface area contributed by atoms with Gasteiger partial charge >= 0.3 is 0 Å². The second kappa shape index (κ2) is 5.88. The number of benzene rings is 1. The van der Waals surface area contributed by atoms with E-state index < -0.39 is 10.0 Å². The van der Waals surface area contributed by atoms with E-state index >= 15 is 0 Å². The molecule has 0 fully saturated rings. The molecular weight excluding hydrogens is 312 g/mol. The second-order valence-corrected chi connectivity index (χ2v) is 7.35. The molecule has 7 nitrogen and oxygen atoms in total. The van der Waals surface area contributed by atoms with E-state index in [0.29, 0.717) is 16.3 Å². The maximum atomic E-state index is 11.6. The van der Waals surface area contributed by atoms with Crippen molar-refractivity contribution in [3.63, 3.8) is 0 Å². The minimum atomic E-state index is -3.84. The summed E-state index contributed by atoms with van der Waals surface area (Å²) in [6.07, 6.45) is 0. The quantitative estimate of drug-likeness (QED) is 0.882. The Kier molecular flexibility index (Phi) is 4.35. The van der Waals surface area contributed by atoms with Crippen molar-refractivity contribution in [1.82, 2.24) is 10.2 Å². The molecule has 0 unspecified atom stereocenters.